The lowest BCUT2D eigenvalue weighted by atomic mass is 10.3. The van der Waals surface area contributed by atoms with Crippen molar-refractivity contribution in [1.29, 1.82) is 0 Å². The summed E-state index contributed by atoms with van der Waals surface area (Å²) in [5.41, 5.74) is 0. The fourth-order valence-electron chi connectivity index (χ4n) is 1.79. The second-order valence-electron chi connectivity index (χ2n) is 5.21. The van der Waals surface area contributed by atoms with Crippen molar-refractivity contribution in [3.8, 4) is 0 Å². The van der Waals surface area contributed by atoms with Gasteiger partial charge in [0.2, 0.25) is 0 Å². The van der Waals surface area contributed by atoms with Crippen LogP contribution in [-0.4, -0.2) is 95.1 Å². The highest BCUT2D eigenvalue weighted by molar-refractivity contribution is 5.69. The molecule has 156 valence electrons. The highest BCUT2D eigenvalue weighted by atomic mass is 16.7. The van der Waals surface area contributed by atoms with Crippen molar-refractivity contribution >= 4 is 5.97 Å². The van der Waals surface area contributed by atoms with E-state index in [4.69, 9.17) is 38.6 Å². The van der Waals surface area contributed by atoms with Crippen LogP contribution in [0.2, 0.25) is 0 Å². The molecule has 0 aliphatic rings. The van der Waals surface area contributed by atoms with E-state index in [1.807, 2.05) is 6.92 Å². The van der Waals surface area contributed by atoms with E-state index in [0.29, 0.717) is 32.8 Å². The average molecular weight is 382 g/mol. The minimum Gasteiger partial charge on any atom is -0.463 e. The van der Waals surface area contributed by atoms with Crippen LogP contribution < -0.4 is 0 Å². The summed E-state index contributed by atoms with van der Waals surface area (Å²) in [6, 6.07) is 0. The van der Waals surface area contributed by atoms with Gasteiger partial charge in [-0.2, -0.15) is 0 Å². The highest BCUT2D eigenvalue weighted by Crippen LogP contribution is 2.06. The lowest BCUT2D eigenvalue weighted by Crippen LogP contribution is -2.24. The highest BCUT2D eigenvalue weighted by Gasteiger charge is 2.13. The summed E-state index contributed by atoms with van der Waals surface area (Å²) in [6.07, 6.45) is 0.838. The lowest BCUT2D eigenvalue weighted by Gasteiger charge is -2.18. The standard InChI is InChI=1S/C17H34O9/c1-2-7-21-10-13-24-16(20)3-4-17(25-14-11-22-8-5-18)26-15-12-23-9-6-19/h17-19H,2-15H2,1H3. The number of rotatable bonds is 20. The molecule has 0 amide bonds. The summed E-state index contributed by atoms with van der Waals surface area (Å²) in [5.74, 6) is -0.338. The summed E-state index contributed by atoms with van der Waals surface area (Å²) < 4.78 is 31.6. The Morgan fingerprint density at radius 1 is 0.769 bits per heavy atom. The molecule has 2 N–H and O–H groups in total. The van der Waals surface area contributed by atoms with Crippen LogP contribution in [0.15, 0.2) is 0 Å². The van der Waals surface area contributed by atoms with E-state index >= 15 is 0 Å². The molecule has 0 aromatic rings. The Balaban J connectivity index is 3.93. The summed E-state index contributed by atoms with van der Waals surface area (Å²) in [7, 11) is 0. The van der Waals surface area contributed by atoms with Crippen LogP contribution in [-0.2, 0) is 33.2 Å². The molecule has 0 saturated heterocycles. The molecule has 0 aromatic heterocycles. The predicted octanol–water partition coefficient (Wildman–Crippen LogP) is 0.114. The Labute approximate surface area is 155 Å². The monoisotopic (exact) mass is 382 g/mol. The average Bonchev–Trinajstić information content (AvgIpc) is 2.64. The van der Waals surface area contributed by atoms with E-state index in [1.165, 1.54) is 0 Å². The van der Waals surface area contributed by atoms with Gasteiger partial charge in [0.1, 0.15) is 6.61 Å². The van der Waals surface area contributed by atoms with Gasteiger partial charge in [0.05, 0.1) is 65.9 Å². The van der Waals surface area contributed by atoms with Crippen molar-refractivity contribution in [2.75, 3.05) is 72.7 Å². The molecule has 26 heavy (non-hydrogen) atoms. The Bertz CT molecular complexity index is 288. The Hall–Kier alpha value is -0.810. The maximum Gasteiger partial charge on any atom is 0.306 e. The summed E-state index contributed by atoms with van der Waals surface area (Å²) in [5, 5.41) is 17.3. The number of hydrogen-bond acceptors (Lipinski definition) is 9. The van der Waals surface area contributed by atoms with Gasteiger partial charge in [-0.1, -0.05) is 6.92 Å². The summed E-state index contributed by atoms with van der Waals surface area (Å²) in [4.78, 5) is 11.7. The largest absolute Gasteiger partial charge is 0.463 e. The molecule has 9 heteroatoms. The van der Waals surface area contributed by atoms with Crippen LogP contribution in [0.1, 0.15) is 26.2 Å². The third kappa shape index (κ3) is 18.0. The van der Waals surface area contributed by atoms with Crippen LogP contribution in [0.3, 0.4) is 0 Å². The zero-order valence-electron chi connectivity index (χ0n) is 15.7. The number of esters is 1. The molecule has 0 heterocycles. The molecule has 0 atom stereocenters. The number of carbonyl (C=O) groups is 1. The minimum absolute atomic E-state index is 0.0457. The van der Waals surface area contributed by atoms with Crippen LogP contribution in [0.4, 0.5) is 0 Å². The third-order valence-electron chi connectivity index (χ3n) is 2.96. The molecule has 0 spiro atoms. The zero-order valence-corrected chi connectivity index (χ0v) is 15.7. The normalized spacial score (nSPS) is 11.2. The van der Waals surface area contributed by atoms with Gasteiger partial charge in [-0.15, -0.1) is 0 Å². The first kappa shape index (κ1) is 25.2. The number of aliphatic hydroxyl groups is 2. The SMILES string of the molecule is CCCOCCOC(=O)CCC(OCCOCCO)OCCOCCO. The topological polar surface area (TPSA) is 113 Å². The molecular weight excluding hydrogens is 348 g/mol. The van der Waals surface area contributed by atoms with Crippen LogP contribution in [0.5, 0.6) is 0 Å². The second-order valence-corrected chi connectivity index (χ2v) is 5.21. The third-order valence-corrected chi connectivity index (χ3v) is 2.96. The van der Waals surface area contributed by atoms with Gasteiger partial charge in [0.15, 0.2) is 6.29 Å². The lowest BCUT2D eigenvalue weighted by molar-refractivity contribution is -0.168. The number of aliphatic hydroxyl groups excluding tert-OH is 2. The van der Waals surface area contributed by atoms with Crippen molar-refractivity contribution in [3.05, 3.63) is 0 Å². The van der Waals surface area contributed by atoms with E-state index < -0.39 is 6.29 Å². The Kier molecular flexibility index (Phi) is 19.9. The van der Waals surface area contributed by atoms with Crippen molar-refractivity contribution in [2.45, 2.75) is 32.5 Å². The molecule has 0 radical (unpaired) electrons. The van der Waals surface area contributed by atoms with E-state index in [9.17, 15) is 4.79 Å². The van der Waals surface area contributed by atoms with Crippen LogP contribution in [0, 0.1) is 0 Å². The quantitative estimate of drug-likeness (QED) is 0.172. The Morgan fingerprint density at radius 2 is 1.31 bits per heavy atom. The minimum atomic E-state index is -0.589. The predicted molar refractivity (Wildman–Crippen MR) is 92.8 cm³/mol. The second kappa shape index (κ2) is 20.5. The molecule has 0 unspecified atom stereocenters. The van der Waals surface area contributed by atoms with E-state index in [2.05, 4.69) is 0 Å². The number of ether oxygens (including phenoxy) is 6. The first-order chi connectivity index (χ1) is 12.7. The van der Waals surface area contributed by atoms with Crippen molar-refractivity contribution < 1.29 is 43.4 Å². The molecular formula is C17H34O9. The molecule has 0 aliphatic heterocycles. The van der Waals surface area contributed by atoms with Crippen molar-refractivity contribution in [2.24, 2.45) is 0 Å². The van der Waals surface area contributed by atoms with Crippen molar-refractivity contribution in [3.63, 3.8) is 0 Å². The van der Waals surface area contributed by atoms with E-state index in [-0.39, 0.29) is 58.6 Å². The fourth-order valence-corrected chi connectivity index (χ4v) is 1.79. The molecule has 0 bridgehead atoms. The summed E-state index contributed by atoms with van der Waals surface area (Å²) >= 11 is 0. The fraction of sp³-hybridized carbons (Fsp3) is 0.941. The smallest absolute Gasteiger partial charge is 0.306 e. The van der Waals surface area contributed by atoms with Gasteiger partial charge >= 0.3 is 5.97 Å². The first-order valence-corrected chi connectivity index (χ1v) is 9.08. The van der Waals surface area contributed by atoms with Gasteiger partial charge in [-0.25, -0.2) is 0 Å². The van der Waals surface area contributed by atoms with Gasteiger partial charge in [-0.3, -0.25) is 4.79 Å². The number of carbonyl (C=O) groups excluding carboxylic acids is 1. The molecule has 9 nitrogen and oxygen atoms in total. The molecule has 0 rings (SSSR count). The van der Waals surface area contributed by atoms with Crippen molar-refractivity contribution in [1.82, 2.24) is 0 Å². The number of hydrogen-bond donors (Lipinski definition) is 2. The maximum atomic E-state index is 11.7. The molecule has 0 fully saturated rings. The maximum absolute atomic E-state index is 11.7. The zero-order chi connectivity index (χ0) is 19.3. The first-order valence-electron chi connectivity index (χ1n) is 9.08. The van der Waals surface area contributed by atoms with Crippen LogP contribution in [0.25, 0.3) is 0 Å². The van der Waals surface area contributed by atoms with Crippen LogP contribution >= 0.6 is 0 Å². The Morgan fingerprint density at radius 3 is 1.85 bits per heavy atom. The van der Waals surface area contributed by atoms with E-state index in [1.54, 1.807) is 0 Å². The van der Waals surface area contributed by atoms with Gasteiger partial charge in [-0.05, 0) is 6.42 Å². The van der Waals surface area contributed by atoms with Gasteiger partial charge < -0.3 is 38.6 Å². The summed E-state index contributed by atoms with van der Waals surface area (Å²) in [6.45, 7) is 4.88. The molecule has 0 saturated carbocycles. The van der Waals surface area contributed by atoms with E-state index in [0.717, 1.165) is 6.42 Å². The molecule has 0 aliphatic carbocycles. The van der Waals surface area contributed by atoms with Gasteiger partial charge in [0.25, 0.3) is 0 Å². The molecule has 0 aromatic carbocycles. The van der Waals surface area contributed by atoms with Gasteiger partial charge in [0, 0.05) is 13.0 Å².